The van der Waals surface area contributed by atoms with Crippen molar-refractivity contribution >= 4 is 0 Å². The fourth-order valence-electron chi connectivity index (χ4n) is 2.85. The van der Waals surface area contributed by atoms with E-state index in [0.717, 1.165) is 25.2 Å². The van der Waals surface area contributed by atoms with Crippen LogP contribution < -0.4 is 10.5 Å². The highest BCUT2D eigenvalue weighted by Crippen LogP contribution is 2.28. The molecule has 2 atom stereocenters. The molecule has 2 unspecified atom stereocenters. The van der Waals surface area contributed by atoms with Gasteiger partial charge in [0.1, 0.15) is 5.75 Å². The van der Waals surface area contributed by atoms with Gasteiger partial charge in [0.2, 0.25) is 0 Å². The molecule has 2 nitrogen and oxygen atoms in total. The van der Waals surface area contributed by atoms with E-state index in [1.807, 2.05) is 6.07 Å². The van der Waals surface area contributed by atoms with Crippen molar-refractivity contribution in [3.05, 3.63) is 29.8 Å². The molecule has 0 saturated heterocycles. The van der Waals surface area contributed by atoms with Crippen LogP contribution in [0.25, 0.3) is 0 Å². The van der Waals surface area contributed by atoms with E-state index < -0.39 is 0 Å². The molecule has 106 valence electrons. The van der Waals surface area contributed by atoms with Gasteiger partial charge >= 0.3 is 0 Å². The number of benzene rings is 1. The fraction of sp³-hybridized carbons (Fsp3) is 0.647. The van der Waals surface area contributed by atoms with E-state index in [9.17, 15) is 0 Å². The van der Waals surface area contributed by atoms with Crippen LogP contribution >= 0.6 is 0 Å². The lowest BCUT2D eigenvalue weighted by atomic mass is 9.88. The van der Waals surface area contributed by atoms with Crippen molar-refractivity contribution in [2.24, 2.45) is 11.7 Å². The van der Waals surface area contributed by atoms with Gasteiger partial charge in [0, 0.05) is 12.0 Å². The summed E-state index contributed by atoms with van der Waals surface area (Å²) in [5, 5.41) is 0. The molecule has 0 aromatic heterocycles. The standard InChI is InChI=1S/C17H27NO/c1-2-3-4-5-6-10-16(18)15-12-14-9-7-8-11-17(14)19-13-15/h7-9,11,15-16H,2-6,10,12-13,18H2,1H3. The summed E-state index contributed by atoms with van der Waals surface area (Å²) in [7, 11) is 0. The molecule has 0 fully saturated rings. The summed E-state index contributed by atoms with van der Waals surface area (Å²) in [4.78, 5) is 0. The highest BCUT2D eigenvalue weighted by atomic mass is 16.5. The second kappa shape index (κ2) is 7.54. The van der Waals surface area contributed by atoms with E-state index in [4.69, 9.17) is 10.5 Å². The van der Waals surface area contributed by atoms with Crippen molar-refractivity contribution < 1.29 is 4.74 Å². The highest BCUT2D eigenvalue weighted by molar-refractivity contribution is 5.35. The number of para-hydroxylation sites is 1. The van der Waals surface area contributed by atoms with Crippen LogP contribution in [0.5, 0.6) is 5.75 Å². The topological polar surface area (TPSA) is 35.2 Å². The Hall–Kier alpha value is -1.02. The third kappa shape index (κ3) is 4.24. The van der Waals surface area contributed by atoms with Crippen molar-refractivity contribution in [3.8, 4) is 5.75 Å². The minimum atomic E-state index is 0.287. The molecule has 2 rings (SSSR count). The zero-order chi connectivity index (χ0) is 13.5. The molecular formula is C17H27NO. The van der Waals surface area contributed by atoms with Gasteiger partial charge in [-0.3, -0.25) is 0 Å². The summed E-state index contributed by atoms with van der Waals surface area (Å²) in [6.07, 6.45) is 8.82. The van der Waals surface area contributed by atoms with E-state index in [-0.39, 0.29) is 6.04 Å². The minimum absolute atomic E-state index is 0.287. The predicted molar refractivity (Wildman–Crippen MR) is 80.5 cm³/mol. The molecule has 1 aliphatic rings. The van der Waals surface area contributed by atoms with Crippen LogP contribution in [0.2, 0.25) is 0 Å². The maximum Gasteiger partial charge on any atom is 0.122 e. The second-order valence-electron chi connectivity index (χ2n) is 5.75. The maximum atomic E-state index is 6.34. The largest absolute Gasteiger partial charge is 0.493 e. The van der Waals surface area contributed by atoms with Crippen LogP contribution in [0.15, 0.2) is 24.3 Å². The van der Waals surface area contributed by atoms with E-state index in [1.54, 1.807) is 0 Å². The Kier molecular flexibility index (Phi) is 5.71. The fourth-order valence-corrected chi connectivity index (χ4v) is 2.85. The van der Waals surface area contributed by atoms with Crippen molar-refractivity contribution in [1.29, 1.82) is 0 Å². The molecule has 0 saturated carbocycles. The predicted octanol–water partition coefficient (Wildman–Crippen LogP) is 3.93. The van der Waals surface area contributed by atoms with Gasteiger partial charge in [0.15, 0.2) is 0 Å². The summed E-state index contributed by atoms with van der Waals surface area (Å²) in [6.45, 7) is 3.04. The van der Waals surface area contributed by atoms with E-state index in [0.29, 0.717) is 5.92 Å². The first-order valence-electron chi connectivity index (χ1n) is 7.77. The number of nitrogens with two attached hydrogens (primary N) is 1. The van der Waals surface area contributed by atoms with Gasteiger partial charge in [-0.1, -0.05) is 57.2 Å². The van der Waals surface area contributed by atoms with Crippen molar-refractivity contribution in [2.75, 3.05) is 6.61 Å². The molecular weight excluding hydrogens is 234 g/mol. The molecule has 1 aliphatic heterocycles. The Labute approximate surface area is 117 Å². The van der Waals surface area contributed by atoms with Gasteiger partial charge < -0.3 is 10.5 Å². The molecule has 2 N–H and O–H groups in total. The van der Waals surface area contributed by atoms with E-state index in [1.165, 1.54) is 37.7 Å². The van der Waals surface area contributed by atoms with Crippen LogP contribution in [-0.2, 0) is 6.42 Å². The Morgan fingerprint density at radius 2 is 2.00 bits per heavy atom. The zero-order valence-corrected chi connectivity index (χ0v) is 12.1. The Balaban J connectivity index is 1.74. The number of unbranched alkanes of at least 4 members (excludes halogenated alkanes) is 4. The lowest BCUT2D eigenvalue weighted by Gasteiger charge is -2.29. The van der Waals surface area contributed by atoms with Gasteiger partial charge in [-0.15, -0.1) is 0 Å². The Morgan fingerprint density at radius 1 is 1.21 bits per heavy atom. The zero-order valence-electron chi connectivity index (χ0n) is 12.1. The van der Waals surface area contributed by atoms with Gasteiger partial charge in [0.05, 0.1) is 6.61 Å². The molecule has 2 heteroatoms. The third-order valence-electron chi connectivity index (χ3n) is 4.15. The number of ether oxygens (including phenoxy) is 1. The van der Waals surface area contributed by atoms with Gasteiger partial charge in [-0.25, -0.2) is 0 Å². The van der Waals surface area contributed by atoms with Crippen LogP contribution in [0.3, 0.4) is 0 Å². The first kappa shape index (κ1) is 14.4. The molecule has 1 aromatic carbocycles. The highest BCUT2D eigenvalue weighted by Gasteiger charge is 2.24. The number of rotatable bonds is 7. The summed E-state index contributed by atoms with van der Waals surface area (Å²) >= 11 is 0. The first-order chi connectivity index (χ1) is 9.31. The molecule has 0 radical (unpaired) electrons. The minimum Gasteiger partial charge on any atom is -0.493 e. The molecule has 0 aliphatic carbocycles. The van der Waals surface area contributed by atoms with E-state index in [2.05, 4.69) is 25.1 Å². The lowest BCUT2D eigenvalue weighted by molar-refractivity contribution is 0.194. The average molecular weight is 261 g/mol. The quantitative estimate of drug-likeness (QED) is 0.755. The first-order valence-corrected chi connectivity index (χ1v) is 7.77. The number of hydrogen-bond acceptors (Lipinski definition) is 2. The maximum absolute atomic E-state index is 6.34. The van der Waals surface area contributed by atoms with Crippen molar-refractivity contribution in [1.82, 2.24) is 0 Å². The van der Waals surface area contributed by atoms with Crippen LogP contribution in [0, 0.1) is 5.92 Å². The third-order valence-corrected chi connectivity index (χ3v) is 4.15. The molecule has 0 bridgehead atoms. The molecule has 1 heterocycles. The number of hydrogen-bond donors (Lipinski definition) is 1. The summed E-state index contributed by atoms with van der Waals surface area (Å²) in [6, 6.07) is 8.63. The summed E-state index contributed by atoms with van der Waals surface area (Å²) in [5.74, 6) is 1.54. The van der Waals surface area contributed by atoms with Gasteiger partial charge in [-0.05, 0) is 24.5 Å². The molecule has 1 aromatic rings. The Bertz CT molecular complexity index is 377. The summed E-state index contributed by atoms with van der Waals surface area (Å²) in [5.41, 5.74) is 7.66. The number of fused-ring (bicyclic) bond motifs is 1. The molecule has 19 heavy (non-hydrogen) atoms. The smallest absolute Gasteiger partial charge is 0.122 e. The van der Waals surface area contributed by atoms with Crippen molar-refractivity contribution in [3.63, 3.8) is 0 Å². The van der Waals surface area contributed by atoms with Gasteiger partial charge in [0.25, 0.3) is 0 Å². The van der Waals surface area contributed by atoms with Crippen molar-refractivity contribution in [2.45, 2.75) is 57.9 Å². The SMILES string of the molecule is CCCCCCCC(N)C1COc2ccccc2C1. The summed E-state index contributed by atoms with van der Waals surface area (Å²) < 4.78 is 5.82. The Morgan fingerprint density at radius 3 is 2.84 bits per heavy atom. The van der Waals surface area contributed by atoms with Gasteiger partial charge in [-0.2, -0.15) is 0 Å². The van der Waals surface area contributed by atoms with Crippen LogP contribution in [-0.4, -0.2) is 12.6 Å². The molecule has 0 spiro atoms. The van der Waals surface area contributed by atoms with Crippen LogP contribution in [0.4, 0.5) is 0 Å². The molecule has 0 amide bonds. The van der Waals surface area contributed by atoms with E-state index >= 15 is 0 Å². The second-order valence-corrected chi connectivity index (χ2v) is 5.75. The lowest BCUT2D eigenvalue weighted by Crippen LogP contribution is -2.37. The normalized spacial score (nSPS) is 19.6. The average Bonchev–Trinajstić information content (AvgIpc) is 2.46. The van der Waals surface area contributed by atoms with Crippen LogP contribution in [0.1, 0.15) is 51.0 Å². The monoisotopic (exact) mass is 261 g/mol.